The summed E-state index contributed by atoms with van der Waals surface area (Å²) in [4.78, 5) is 13.9. The predicted octanol–water partition coefficient (Wildman–Crippen LogP) is 0.556. The Bertz CT molecular complexity index is 493. The predicted molar refractivity (Wildman–Crippen MR) is 80.5 cm³/mol. The second kappa shape index (κ2) is 8.12. The molecule has 2 N–H and O–H groups in total. The smallest absolute Gasteiger partial charge is 0.323 e. The van der Waals surface area contributed by atoms with Crippen molar-refractivity contribution in [3.63, 3.8) is 0 Å². The molecule has 2 rings (SSSR count). The van der Waals surface area contributed by atoms with E-state index in [0.29, 0.717) is 31.7 Å². The molecule has 2 atom stereocenters. The summed E-state index contributed by atoms with van der Waals surface area (Å²) in [6.45, 7) is 1.34. The Morgan fingerprint density at radius 1 is 1.41 bits per heavy atom. The Morgan fingerprint density at radius 2 is 2.18 bits per heavy atom. The van der Waals surface area contributed by atoms with Gasteiger partial charge in [0.2, 0.25) is 0 Å². The van der Waals surface area contributed by atoms with E-state index in [-0.39, 0.29) is 19.2 Å². The molecule has 0 bridgehead atoms. The van der Waals surface area contributed by atoms with Crippen LogP contribution in [0.3, 0.4) is 0 Å². The average molecular weight is 309 g/mol. The summed E-state index contributed by atoms with van der Waals surface area (Å²) in [6, 6.07) is 7.11. The number of hydrogen-bond donors (Lipinski definition) is 2. The number of carbonyl (C=O) groups excluding carboxylic acids is 1. The largest absolute Gasteiger partial charge is 0.491 e. The zero-order chi connectivity index (χ0) is 15.9. The molecule has 0 saturated carbocycles. The molecule has 1 aromatic rings. The van der Waals surface area contributed by atoms with Crippen LogP contribution in [-0.2, 0) is 16.1 Å². The van der Waals surface area contributed by atoms with Gasteiger partial charge in [0.05, 0.1) is 19.8 Å². The molecule has 0 aliphatic carbocycles. The molecule has 1 aliphatic heterocycles. The third kappa shape index (κ3) is 4.19. The first kappa shape index (κ1) is 16.7. The molecule has 6 nitrogen and oxygen atoms in total. The lowest BCUT2D eigenvalue weighted by molar-refractivity contribution is -0.150. The van der Waals surface area contributed by atoms with E-state index in [1.54, 1.807) is 0 Å². The summed E-state index contributed by atoms with van der Waals surface area (Å²) in [5.41, 5.74) is 0.946. The number of ether oxygens (including phenoxy) is 2. The maximum absolute atomic E-state index is 11.9. The molecule has 1 fully saturated rings. The average Bonchev–Trinajstić information content (AvgIpc) is 2.55. The zero-order valence-corrected chi connectivity index (χ0v) is 12.8. The van der Waals surface area contributed by atoms with Crippen molar-refractivity contribution in [2.75, 3.05) is 26.9 Å². The second-order valence-corrected chi connectivity index (χ2v) is 5.37. The maximum Gasteiger partial charge on any atom is 0.323 e. The van der Waals surface area contributed by atoms with Crippen molar-refractivity contribution in [2.24, 2.45) is 0 Å². The van der Waals surface area contributed by atoms with Crippen molar-refractivity contribution in [1.82, 2.24) is 4.90 Å². The van der Waals surface area contributed by atoms with Crippen molar-refractivity contribution >= 4 is 5.97 Å². The maximum atomic E-state index is 11.9. The van der Waals surface area contributed by atoms with Crippen LogP contribution < -0.4 is 4.74 Å². The molecule has 22 heavy (non-hydrogen) atoms. The van der Waals surface area contributed by atoms with Gasteiger partial charge in [-0.25, -0.2) is 0 Å². The molecule has 1 saturated heterocycles. The molecule has 0 unspecified atom stereocenters. The van der Waals surface area contributed by atoms with E-state index in [1.807, 2.05) is 29.2 Å². The van der Waals surface area contributed by atoms with Crippen LogP contribution in [0.25, 0.3) is 0 Å². The number of rotatable bonds is 6. The number of hydrogen-bond acceptors (Lipinski definition) is 6. The number of para-hydroxylation sites is 1. The van der Waals surface area contributed by atoms with Gasteiger partial charge in [-0.05, 0) is 18.9 Å². The van der Waals surface area contributed by atoms with Crippen molar-refractivity contribution < 1.29 is 24.5 Å². The molecule has 122 valence electrons. The Balaban J connectivity index is 2.12. The topological polar surface area (TPSA) is 79.2 Å². The van der Waals surface area contributed by atoms with Crippen LogP contribution in [0.2, 0.25) is 0 Å². The highest BCUT2D eigenvalue weighted by Crippen LogP contribution is 2.25. The molecule has 0 spiro atoms. The molecule has 0 aromatic heterocycles. The summed E-state index contributed by atoms with van der Waals surface area (Å²) >= 11 is 0. The summed E-state index contributed by atoms with van der Waals surface area (Å²) in [5, 5.41) is 18.7. The Labute approximate surface area is 130 Å². The highest BCUT2D eigenvalue weighted by molar-refractivity contribution is 5.75. The van der Waals surface area contributed by atoms with Gasteiger partial charge in [0.15, 0.2) is 0 Å². The fourth-order valence-electron chi connectivity index (χ4n) is 2.72. The first-order chi connectivity index (χ1) is 10.7. The second-order valence-electron chi connectivity index (χ2n) is 5.37. The number of piperidine rings is 1. The Hall–Kier alpha value is -1.63. The number of benzene rings is 1. The lowest BCUT2D eigenvalue weighted by Crippen LogP contribution is -2.48. The van der Waals surface area contributed by atoms with E-state index >= 15 is 0 Å². The summed E-state index contributed by atoms with van der Waals surface area (Å²) in [6.07, 6.45) is 0.542. The first-order valence-corrected chi connectivity index (χ1v) is 7.47. The van der Waals surface area contributed by atoms with Crippen LogP contribution >= 0.6 is 0 Å². The molecule has 6 heteroatoms. The van der Waals surface area contributed by atoms with E-state index in [2.05, 4.69) is 0 Å². The number of nitrogens with zero attached hydrogens (tertiary/aromatic N) is 1. The van der Waals surface area contributed by atoms with Gasteiger partial charge >= 0.3 is 5.97 Å². The van der Waals surface area contributed by atoms with E-state index in [1.165, 1.54) is 7.11 Å². The fraction of sp³-hybridized carbons (Fsp3) is 0.562. The van der Waals surface area contributed by atoms with Gasteiger partial charge < -0.3 is 19.7 Å². The van der Waals surface area contributed by atoms with Gasteiger partial charge in [-0.1, -0.05) is 18.2 Å². The van der Waals surface area contributed by atoms with Gasteiger partial charge in [0.25, 0.3) is 0 Å². The van der Waals surface area contributed by atoms with Gasteiger partial charge in [0, 0.05) is 18.7 Å². The van der Waals surface area contributed by atoms with Crippen molar-refractivity contribution in [1.29, 1.82) is 0 Å². The minimum Gasteiger partial charge on any atom is -0.491 e. The molecule has 1 heterocycles. The summed E-state index contributed by atoms with van der Waals surface area (Å²) in [5.74, 6) is 0.374. The van der Waals surface area contributed by atoms with Crippen molar-refractivity contribution in [3.8, 4) is 5.75 Å². The van der Waals surface area contributed by atoms with E-state index in [4.69, 9.17) is 14.6 Å². The third-order valence-electron chi connectivity index (χ3n) is 3.85. The van der Waals surface area contributed by atoms with Crippen LogP contribution in [0.4, 0.5) is 0 Å². The van der Waals surface area contributed by atoms with Crippen LogP contribution in [0.15, 0.2) is 24.3 Å². The molecule has 1 aromatic carbocycles. The monoisotopic (exact) mass is 309 g/mol. The number of esters is 1. The number of likely N-dealkylation sites (tertiary alicyclic amines) is 1. The first-order valence-electron chi connectivity index (χ1n) is 7.47. The van der Waals surface area contributed by atoms with Gasteiger partial charge in [-0.2, -0.15) is 0 Å². The van der Waals surface area contributed by atoms with E-state index < -0.39 is 12.1 Å². The number of aliphatic hydroxyl groups is 2. The van der Waals surface area contributed by atoms with Crippen molar-refractivity contribution in [3.05, 3.63) is 29.8 Å². The third-order valence-corrected chi connectivity index (χ3v) is 3.85. The molecule has 0 radical (unpaired) electrons. The highest BCUT2D eigenvalue weighted by atomic mass is 16.5. The van der Waals surface area contributed by atoms with Gasteiger partial charge in [0.1, 0.15) is 18.4 Å². The Kier molecular flexibility index (Phi) is 6.18. The molecular weight excluding hydrogens is 286 g/mol. The van der Waals surface area contributed by atoms with Gasteiger partial charge in [-0.15, -0.1) is 0 Å². The highest BCUT2D eigenvalue weighted by Gasteiger charge is 2.33. The standard InChI is InChI=1S/C16H23NO5/c1-21-16(20)14-10-13(19)6-7-17(14)11-12-4-2-3-5-15(12)22-9-8-18/h2-5,13-14,18-19H,6-11H2,1H3/t13-,14+/m0/s1. The van der Waals surface area contributed by atoms with E-state index in [0.717, 1.165) is 5.56 Å². The van der Waals surface area contributed by atoms with Crippen LogP contribution in [0, 0.1) is 0 Å². The summed E-state index contributed by atoms with van der Waals surface area (Å²) < 4.78 is 10.4. The van der Waals surface area contributed by atoms with E-state index in [9.17, 15) is 9.90 Å². The number of aliphatic hydroxyl groups excluding tert-OH is 2. The van der Waals surface area contributed by atoms with Gasteiger partial charge in [-0.3, -0.25) is 9.69 Å². The minimum atomic E-state index is -0.471. The quantitative estimate of drug-likeness (QED) is 0.747. The van der Waals surface area contributed by atoms with Crippen LogP contribution in [-0.4, -0.2) is 60.1 Å². The number of carbonyl (C=O) groups is 1. The molecular formula is C16H23NO5. The Morgan fingerprint density at radius 3 is 2.91 bits per heavy atom. The SMILES string of the molecule is COC(=O)[C@H]1C[C@@H](O)CCN1Cc1ccccc1OCCO. The summed E-state index contributed by atoms with van der Waals surface area (Å²) in [7, 11) is 1.36. The molecule has 1 aliphatic rings. The normalized spacial score (nSPS) is 22.3. The minimum absolute atomic E-state index is 0.0466. The lowest BCUT2D eigenvalue weighted by atomic mass is 9.98. The fourth-order valence-corrected chi connectivity index (χ4v) is 2.72. The lowest BCUT2D eigenvalue weighted by Gasteiger charge is -2.36. The van der Waals surface area contributed by atoms with Crippen molar-refractivity contribution in [2.45, 2.75) is 31.5 Å². The van der Waals surface area contributed by atoms with Crippen LogP contribution in [0.1, 0.15) is 18.4 Å². The van der Waals surface area contributed by atoms with Crippen LogP contribution in [0.5, 0.6) is 5.75 Å². The number of methoxy groups -OCH3 is 1. The zero-order valence-electron chi connectivity index (χ0n) is 12.8. The molecule has 0 amide bonds.